The molecular weight excluding hydrogens is 310 g/mol. The number of hydrogen-bond donors (Lipinski definition) is 1. The van der Waals surface area contributed by atoms with Crippen LogP contribution < -0.4 is 0 Å². The van der Waals surface area contributed by atoms with E-state index in [4.69, 9.17) is 14.0 Å². The van der Waals surface area contributed by atoms with E-state index < -0.39 is 27.9 Å². The average molecular weight is 337 g/mol. The van der Waals surface area contributed by atoms with Crippen molar-refractivity contribution >= 4 is 16.2 Å². The maximum absolute atomic E-state index is 11.1. The summed E-state index contributed by atoms with van der Waals surface area (Å²) in [5.41, 5.74) is -0.698. The Morgan fingerprint density at radius 2 is 1.82 bits per heavy atom. The Labute approximate surface area is 132 Å². The SMILES string of the molecule is C[C@H](COS(C)(=O)=O)OC1(C(C)(C)C)CCN(C(=O)O)CC1. The van der Waals surface area contributed by atoms with Gasteiger partial charge in [-0.25, -0.2) is 4.79 Å². The summed E-state index contributed by atoms with van der Waals surface area (Å²) in [5.74, 6) is 0. The van der Waals surface area contributed by atoms with Gasteiger partial charge in [0.15, 0.2) is 0 Å². The standard InChI is InChI=1S/C14H27NO6S/c1-11(10-20-22(5,18)19)21-14(13(2,3)4)6-8-15(9-7-14)12(16)17/h11H,6-10H2,1-5H3,(H,16,17)/t11-/m1/s1. The third kappa shape index (κ3) is 5.10. The van der Waals surface area contributed by atoms with E-state index in [9.17, 15) is 13.2 Å². The van der Waals surface area contributed by atoms with E-state index >= 15 is 0 Å². The van der Waals surface area contributed by atoms with Crippen LogP contribution in [0, 0.1) is 5.41 Å². The molecular formula is C14H27NO6S. The van der Waals surface area contributed by atoms with Crippen LogP contribution >= 0.6 is 0 Å². The lowest BCUT2D eigenvalue weighted by Crippen LogP contribution is -2.55. The van der Waals surface area contributed by atoms with E-state index in [2.05, 4.69) is 0 Å². The van der Waals surface area contributed by atoms with Gasteiger partial charge < -0.3 is 14.7 Å². The highest BCUT2D eigenvalue weighted by Gasteiger charge is 2.46. The molecule has 1 aliphatic heterocycles. The molecule has 1 heterocycles. The molecule has 0 spiro atoms. The third-order valence-electron chi connectivity index (χ3n) is 4.15. The van der Waals surface area contributed by atoms with Gasteiger partial charge in [0.05, 0.1) is 24.6 Å². The lowest BCUT2D eigenvalue weighted by atomic mass is 9.70. The predicted octanol–water partition coefficient (Wildman–Crippen LogP) is 1.93. The van der Waals surface area contributed by atoms with Gasteiger partial charge in [-0.05, 0) is 25.2 Å². The van der Waals surface area contributed by atoms with Gasteiger partial charge in [0.1, 0.15) is 0 Å². The number of nitrogens with zero attached hydrogens (tertiary/aromatic N) is 1. The first-order chi connectivity index (χ1) is 9.86. The molecule has 1 N–H and O–H groups in total. The monoisotopic (exact) mass is 337 g/mol. The molecule has 1 atom stereocenters. The molecule has 8 heteroatoms. The highest BCUT2D eigenvalue weighted by Crippen LogP contribution is 2.42. The number of rotatable bonds is 5. The molecule has 1 rings (SSSR count). The molecule has 0 unspecified atom stereocenters. The van der Waals surface area contributed by atoms with E-state index in [1.165, 1.54) is 4.90 Å². The zero-order chi connectivity index (χ0) is 17.2. The maximum atomic E-state index is 11.1. The van der Waals surface area contributed by atoms with E-state index in [1.54, 1.807) is 6.92 Å². The van der Waals surface area contributed by atoms with Gasteiger partial charge >= 0.3 is 6.09 Å². The van der Waals surface area contributed by atoms with E-state index in [-0.39, 0.29) is 12.0 Å². The van der Waals surface area contributed by atoms with Crippen LogP contribution in [0.2, 0.25) is 0 Å². The molecule has 0 aromatic heterocycles. The predicted molar refractivity (Wildman–Crippen MR) is 82.4 cm³/mol. The Kier molecular flexibility index (Phi) is 5.86. The van der Waals surface area contributed by atoms with Gasteiger partial charge in [-0.2, -0.15) is 8.42 Å². The summed E-state index contributed by atoms with van der Waals surface area (Å²) in [6.45, 7) is 8.69. The quantitative estimate of drug-likeness (QED) is 0.771. The van der Waals surface area contributed by atoms with Gasteiger partial charge in [-0.3, -0.25) is 4.18 Å². The molecule has 0 aliphatic carbocycles. The fourth-order valence-corrected chi connectivity index (χ4v) is 3.18. The minimum atomic E-state index is -3.50. The second kappa shape index (κ2) is 6.72. The molecule has 1 aliphatic rings. The molecule has 1 fully saturated rings. The number of hydrogen-bond acceptors (Lipinski definition) is 5. The first kappa shape index (κ1) is 19.2. The molecule has 0 aromatic carbocycles. The second-order valence-corrected chi connectivity index (χ2v) is 8.57. The summed E-state index contributed by atoms with van der Waals surface area (Å²) < 4.78 is 33.1. The van der Waals surface area contributed by atoms with Crippen LogP contribution in [-0.2, 0) is 19.0 Å². The molecule has 1 saturated heterocycles. The summed E-state index contributed by atoms with van der Waals surface area (Å²) in [5, 5.41) is 9.07. The molecule has 130 valence electrons. The van der Waals surface area contributed by atoms with Crippen LogP contribution in [0.5, 0.6) is 0 Å². The maximum Gasteiger partial charge on any atom is 0.407 e. The van der Waals surface area contributed by atoms with Crippen molar-refractivity contribution in [2.75, 3.05) is 26.0 Å². The summed E-state index contributed by atoms with van der Waals surface area (Å²) in [7, 11) is -3.50. The van der Waals surface area contributed by atoms with E-state index in [1.807, 2.05) is 20.8 Å². The number of carbonyl (C=O) groups is 1. The van der Waals surface area contributed by atoms with Crippen molar-refractivity contribution in [3.8, 4) is 0 Å². The third-order valence-corrected chi connectivity index (χ3v) is 4.72. The smallest absolute Gasteiger partial charge is 0.407 e. The fourth-order valence-electron chi connectivity index (χ4n) is 2.74. The minimum absolute atomic E-state index is 0.0424. The van der Waals surface area contributed by atoms with Crippen LogP contribution in [0.25, 0.3) is 0 Å². The first-order valence-electron chi connectivity index (χ1n) is 7.36. The lowest BCUT2D eigenvalue weighted by Gasteiger charge is -2.50. The summed E-state index contributed by atoms with van der Waals surface area (Å²) in [4.78, 5) is 12.4. The van der Waals surface area contributed by atoms with Gasteiger partial charge in [-0.1, -0.05) is 20.8 Å². The van der Waals surface area contributed by atoms with Crippen molar-refractivity contribution in [1.82, 2.24) is 4.90 Å². The van der Waals surface area contributed by atoms with Gasteiger partial charge in [-0.15, -0.1) is 0 Å². The Hall–Kier alpha value is -0.860. The fraction of sp³-hybridized carbons (Fsp3) is 0.929. The Morgan fingerprint density at radius 3 is 2.18 bits per heavy atom. The van der Waals surface area contributed by atoms with Crippen molar-refractivity contribution in [3.05, 3.63) is 0 Å². The van der Waals surface area contributed by atoms with Gasteiger partial charge in [0.25, 0.3) is 10.1 Å². The second-order valence-electron chi connectivity index (χ2n) is 6.93. The largest absolute Gasteiger partial charge is 0.465 e. The highest BCUT2D eigenvalue weighted by molar-refractivity contribution is 7.85. The zero-order valence-electron chi connectivity index (χ0n) is 14.0. The number of amides is 1. The van der Waals surface area contributed by atoms with Crippen LogP contribution in [0.1, 0.15) is 40.5 Å². The van der Waals surface area contributed by atoms with Crippen LogP contribution in [0.4, 0.5) is 4.79 Å². The molecule has 7 nitrogen and oxygen atoms in total. The molecule has 22 heavy (non-hydrogen) atoms. The van der Waals surface area contributed by atoms with Crippen LogP contribution in [0.3, 0.4) is 0 Å². The van der Waals surface area contributed by atoms with Crippen molar-refractivity contribution in [2.24, 2.45) is 5.41 Å². The van der Waals surface area contributed by atoms with Gasteiger partial charge in [0, 0.05) is 13.1 Å². The normalized spacial score (nSPS) is 20.7. The van der Waals surface area contributed by atoms with E-state index in [0.29, 0.717) is 25.9 Å². The summed E-state index contributed by atoms with van der Waals surface area (Å²) >= 11 is 0. The Morgan fingerprint density at radius 1 is 1.32 bits per heavy atom. The number of carboxylic acid groups (broad SMARTS) is 1. The lowest BCUT2D eigenvalue weighted by molar-refractivity contribution is -0.177. The first-order valence-corrected chi connectivity index (χ1v) is 9.18. The van der Waals surface area contributed by atoms with Crippen molar-refractivity contribution in [3.63, 3.8) is 0 Å². The molecule has 0 saturated carbocycles. The number of ether oxygens (including phenoxy) is 1. The van der Waals surface area contributed by atoms with Crippen LogP contribution in [0.15, 0.2) is 0 Å². The summed E-state index contributed by atoms with van der Waals surface area (Å²) in [6.07, 6.45) is 0.837. The Bertz CT molecular complexity index is 488. The molecule has 0 bridgehead atoms. The zero-order valence-corrected chi connectivity index (χ0v) is 14.8. The Balaban J connectivity index is 2.77. The summed E-state index contributed by atoms with van der Waals surface area (Å²) in [6, 6.07) is 0. The molecule has 1 amide bonds. The van der Waals surface area contributed by atoms with Gasteiger partial charge in [0.2, 0.25) is 0 Å². The minimum Gasteiger partial charge on any atom is -0.465 e. The van der Waals surface area contributed by atoms with Crippen molar-refractivity contribution < 1.29 is 27.2 Å². The number of likely N-dealkylation sites (tertiary alicyclic amines) is 1. The van der Waals surface area contributed by atoms with E-state index in [0.717, 1.165) is 6.26 Å². The van der Waals surface area contributed by atoms with Crippen molar-refractivity contribution in [1.29, 1.82) is 0 Å². The molecule has 0 aromatic rings. The topological polar surface area (TPSA) is 93.1 Å². The van der Waals surface area contributed by atoms with Crippen LogP contribution in [-0.4, -0.2) is 62.2 Å². The molecule has 0 radical (unpaired) electrons. The highest BCUT2D eigenvalue weighted by atomic mass is 32.2. The van der Waals surface area contributed by atoms with Crippen molar-refractivity contribution in [2.45, 2.75) is 52.2 Å². The average Bonchev–Trinajstić information content (AvgIpc) is 2.35. The number of piperidine rings is 1.